The first-order valence-corrected chi connectivity index (χ1v) is 8.47. The lowest BCUT2D eigenvalue weighted by Gasteiger charge is -2.22. The molecule has 3 nitrogen and oxygen atoms in total. The molecule has 2 rings (SSSR count). The Morgan fingerprint density at radius 2 is 1.91 bits per heavy atom. The maximum atomic E-state index is 13.3. The van der Waals surface area contributed by atoms with E-state index in [2.05, 4.69) is 0 Å². The largest absolute Gasteiger partial charge is 0.419 e. The number of nitrogens with zero attached hydrogens (tertiary/aromatic N) is 1. The van der Waals surface area contributed by atoms with Gasteiger partial charge in [0.15, 0.2) is 0 Å². The van der Waals surface area contributed by atoms with E-state index in [0.29, 0.717) is 25.1 Å². The molecule has 22 heavy (non-hydrogen) atoms. The van der Waals surface area contributed by atoms with Crippen LogP contribution in [0.15, 0.2) is 23.1 Å². The van der Waals surface area contributed by atoms with Crippen LogP contribution in [0.25, 0.3) is 0 Å². The quantitative estimate of drug-likeness (QED) is 0.742. The number of halogens is 4. The lowest BCUT2D eigenvalue weighted by atomic mass is 10.2. The molecule has 124 valence electrons. The van der Waals surface area contributed by atoms with Gasteiger partial charge in [0.1, 0.15) is 5.82 Å². The summed E-state index contributed by atoms with van der Waals surface area (Å²) in [5.74, 6) is -1.21. The number of hydrogen-bond donors (Lipinski definition) is 0. The molecule has 0 spiro atoms. The molecule has 0 unspecified atom stereocenters. The molecule has 0 amide bonds. The molecule has 0 bridgehead atoms. The van der Waals surface area contributed by atoms with E-state index >= 15 is 0 Å². The Morgan fingerprint density at radius 3 is 2.41 bits per heavy atom. The van der Waals surface area contributed by atoms with E-state index < -0.39 is 32.5 Å². The lowest BCUT2D eigenvalue weighted by molar-refractivity contribution is -0.140. The van der Waals surface area contributed by atoms with Crippen LogP contribution in [0.5, 0.6) is 0 Å². The first kappa shape index (κ1) is 17.2. The Bertz CT molecular complexity index is 639. The molecule has 1 aromatic carbocycles. The van der Waals surface area contributed by atoms with Gasteiger partial charge < -0.3 is 0 Å². The molecule has 1 aromatic rings. The maximum absolute atomic E-state index is 13.3. The number of rotatable bonds is 6. The van der Waals surface area contributed by atoms with Crippen molar-refractivity contribution in [2.75, 3.05) is 13.1 Å². The van der Waals surface area contributed by atoms with Gasteiger partial charge in [0.05, 0.1) is 10.5 Å². The first-order valence-electron chi connectivity index (χ1n) is 7.03. The summed E-state index contributed by atoms with van der Waals surface area (Å²) >= 11 is 0. The fourth-order valence-corrected chi connectivity index (χ4v) is 3.81. The van der Waals surface area contributed by atoms with Crippen LogP contribution in [0, 0.1) is 11.7 Å². The summed E-state index contributed by atoms with van der Waals surface area (Å²) in [7, 11) is -4.05. The average Bonchev–Trinajstić information content (AvgIpc) is 3.21. The molecule has 8 heteroatoms. The predicted octanol–water partition coefficient (Wildman–Crippen LogP) is 3.66. The van der Waals surface area contributed by atoms with Crippen molar-refractivity contribution in [3.8, 4) is 0 Å². The molecule has 0 heterocycles. The maximum Gasteiger partial charge on any atom is 0.419 e. The van der Waals surface area contributed by atoms with Crippen LogP contribution in [0.2, 0.25) is 0 Å². The minimum absolute atomic E-state index is 0.234. The van der Waals surface area contributed by atoms with Crippen molar-refractivity contribution in [2.45, 2.75) is 37.3 Å². The van der Waals surface area contributed by atoms with Gasteiger partial charge in [0, 0.05) is 13.1 Å². The Morgan fingerprint density at radius 1 is 1.27 bits per heavy atom. The van der Waals surface area contributed by atoms with E-state index in [1.54, 1.807) is 6.92 Å². The highest BCUT2D eigenvalue weighted by Crippen LogP contribution is 2.35. The van der Waals surface area contributed by atoms with Crippen LogP contribution in [-0.2, 0) is 16.2 Å². The molecular weight excluding hydrogens is 322 g/mol. The first-order chi connectivity index (χ1) is 10.2. The molecule has 0 saturated heterocycles. The van der Waals surface area contributed by atoms with Crippen LogP contribution < -0.4 is 0 Å². The smallest absolute Gasteiger partial charge is 0.207 e. The Kier molecular flexibility index (Phi) is 4.81. The van der Waals surface area contributed by atoms with Gasteiger partial charge in [0.25, 0.3) is 0 Å². The second-order valence-corrected chi connectivity index (χ2v) is 7.38. The summed E-state index contributed by atoms with van der Waals surface area (Å²) in [6.45, 7) is 2.33. The fraction of sp³-hybridized carbons (Fsp3) is 0.571. The molecule has 0 aliphatic heterocycles. The molecule has 1 fully saturated rings. The second kappa shape index (κ2) is 6.16. The topological polar surface area (TPSA) is 37.4 Å². The van der Waals surface area contributed by atoms with Crippen LogP contribution >= 0.6 is 0 Å². The summed E-state index contributed by atoms with van der Waals surface area (Å²) < 4.78 is 77.7. The van der Waals surface area contributed by atoms with Crippen molar-refractivity contribution in [1.29, 1.82) is 0 Å². The van der Waals surface area contributed by atoms with Gasteiger partial charge in [-0.15, -0.1) is 0 Å². The van der Waals surface area contributed by atoms with Gasteiger partial charge in [-0.25, -0.2) is 12.8 Å². The number of benzene rings is 1. The van der Waals surface area contributed by atoms with Crippen LogP contribution in [0.3, 0.4) is 0 Å². The number of sulfonamides is 1. The third-order valence-electron chi connectivity index (χ3n) is 3.51. The van der Waals surface area contributed by atoms with Crippen molar-refractivity contribution < 1.29 is 26.0 Å². The molecule has 0 aromatic heterocycles. The summed E-state index contributed by atoms with van der Waals surface area (Å²) in [5.41, 5.74) is -1.56. The molecule has 1 aliphatic carbocycles. The third-order valence-corrected chi connectivity index (χ3v) is 5.37. The highest BCUT2D eigenvalue weighted by molar-refractivity contribution is 7.89. The Hall–Kier alpha value is -1.15. The van der Waals surface area contributed by atoms with Gasteiger partial charge in [0.2, 0.25) is 10.0 Å². The molecule has 0 atom stereocenters. The third kappa shape index (κ3) is 3.78. The zero-order valence-electron chi connectivity index (χ0n) is 12.0. The molecule has 0 radical (unpaired) electrons. The van der Waals surface area contributed by atoms with Crippen molar-refractivity contribution in [1.82, 2.24) is 4.31 Å². The van der Waals surface area contributed by atoms with E-state index in [1.165, 1.54) is 4.31 Å². The van der Waals surface area contributed by atoms with Crippen molar-refractivity contribution in [3.05, 3.63) is 29.6 Å². The van der Waals surface area contributed by atoms with Gasteiger partial charge in [-0.1, -0.05) is 6.92 Å². The average molecular weight is 339 g/mol. The highest BCUT2D eigenvalue weighted by atomic mass is 32.2. The van der Waals surface area contributed by atoms with Gasteiger partial charge in [-0.05, 0) is 43.4 Å². The van der Waals surface area contributed by atoms with Gasteiger partial charge in [-0.3, -0.25) is 0 Å². The molecular formula is C14H17F4NO2S. The number of hydrogen-bond acceptors (Lipinski definition) is 2. The minimum Gasteiger partial charge on any atom is -0.207 e. The van der Waals surface area contributed by atoms with Crippen LogP contribution in [0.1, 0.15) is 31.7 Å². The molecule has 0 N–H and O–H groups in total. The lowest BCUT2D eigenvalue weighted by Crippen LogP contribution is -2.34. The Balaban J connectivity index is 2.38. The van der Waals surface area contributed by atoms with E-state index in [4.69, 9.17) is 0 Å². The minimum atomic E-state index is -4.93. The molecule has 1 aliphatic rings. The predicted molar refractivity (Wildman–Crippen MR) is 73.2 cm³/mol. The zero-order chi connectivity index (χ0) is 16.5. The standard InChI is InChI=1S/C14H17F4NO2S/c1-2-7-19(9-10-3-4-10)22(20,21)11-5-6-13(15)12(8-11)14(16,17)18/h5-6,8,10H,2-4,7,9H2,1H3. The molecule has 1 saturated carbocycles. The monoisotopic (exact) mass is 339 g/mol. The van der Waals surface area contributed by atoms with Crippen molar-refractivity contribution in [3.63, 3.8) is 0 Å². The summed E-state index contributed by atoms with van der Waals surface area (Å²) in [6, 6.07) is 1.81. The van der Waals surface area contributed by atoms with Crippen LogP contribution in [-0.4, -0.2) is 25.8 Å². The van der Waals surface area contributed by atoms with Gasteiger partial charge >= 0.3 is 6.18 Å². The van der Waals surface area contributed by atoms with Crippen LogP contribution in [0.4, 0.5) is 17.6 Å². The SMILES string of the molecule is CCCN(CC1CC1)S(=O)(=O)c1ccc(F)c(C(F)(F)F)c1. The van der Waals surface area contributed by atoms with Gasteiger partial charge in [-0.2, -0.15) is 17.5 Å². The Labute approximate surface area is 127 Å². The number of alkyl halides is 3. The van der Waals surface area contributed by atoms with E-state index in [9.17, 15) is 26.0 Å². The van der Waals surface area contributed by atoms with E-state index in [0.717, 1.165) is 18.9 Å². The zero-order valence-corrected chi connectivity index (χ0v) is 12.8. The summed E-state index contributed by atoms with van der Waals surface area (Å²) in [5, 5.41) is 0. The fourth-order valence-electron chi connectivity index (χ4n) is 2.18. The van der Waals surface area contributed by atoms with Crippen molar-refractivity contribution in [2.24, 2.45) is 5.92 Å². The second-order valence-electron chi connectivity index (χ2n) is 5.45. The van der Waals surface area contributed by atoms with E-state index in [-0.39, 0.29) is 12.5 Å². The summed E-state index contributed by atoms with van der Waals surface area (Å²) in [4.78, 5) is -0.518. The van der Waals surface area contributed by atoms with E-state index in [1.807, 2.05) is 0 Å². The summed E-state index contributed by atoms with van der Waals surface area (Å²) in [6.07, 6.45) is -2.53. The van der Waals surface area contributed by atoms with Crippen molar-refractivity contribution >= 4 is 10.0 Å². The highest BCUT2D eigenvalue weighted by Gasteiger charge is 2.37. The normalized spacial score (nSPS) is 16.3.